The van der Waals surface area contributed by atoms with Crippen LogP contribution in [0.4, 0.5) is 5.69 Å². The molecule has 2 aliphatic heterocycles. The Morgan fingerprint density at radius 3 is 2.46 bits per heavy atom. The number of rotatable bonds is 3. The minimum absolute atomic E-state index is 0.0585. The van der Waals surface area contributed by atoms with Crippen LogP contribution in [-0.4, -0.2) is 37.0 Å². The number of fused-ring (bicyclic) bond motifs is 1. The lowest BCUT2D eigenvalue weighted by Crippen LogP contribution is -2.47. The standard InChI is InChI=1S/C20H23N3O/c1-15(16-6-3-2-4-7-16)22-10-12-23(13-11-22)19-9-5-8-17-18(19)14-21-20(17)24/h2-9,15H,10-14H2,1H3,(H,21,24)/t15-/m1/s1. The summed E-state index contributed by atoms with van der Waals surface area (Å²) in [6.45, 7) is 7.03. The number of carbonyl (C=O) groups is 1. The molecule has 4 nitrogen and oxygen atoms in total. The highest BCUT2D eigenvalue weighted by Crippen LogP contribution is 2.29. The number of nitrogens with one attached hydrogen (secondary N) is 1. The van der Waals surface area contributed by atoms with Crippen LogP contribution in [0, 0.1) is 0 Å². The van der Waals surface area contributed by atoms with E-state index in [4.69, 9.17) is 0 Å². The zero-order valence-corrected chi connectivity index (χ0v) is 14.0. The van der Waals surface area contributed by atoms with Crippen LogP contribution < -0.4 is 10.2 Å². The third-order valence-electron chi connectivity index (χ3n) is 5.31. The third kappa shape index (κ3) is 2.67. The summed E-state index contributed by atoms with van der Waals surface area (Å²) in [6, 6.07) is 17.2. The van der Waals surface area contributed by atoms with Crippen LogP contribution in [0.3, 0.4) is 0 Å². The predicted molar refractivity (Wildman–Crippen MR) is 96.3 cm³/mol. The van der Waals surface area contributed by atoms with Gasteiger partial charge in [-0.15, -0.1) is 0 Å². The summed E-state index contributed by atoms with van der Waals surface area (Å²) in [5.74, 6) is 0.0585. The van der Waals surface area contributed by atoms with E-state index in [1.165, 1.54) is 11.3 Å². The number of amides is 1. The first kappa shape index (κ1) is 15.2. The zero-order chi connectivity index (χ0) is 16.5. The zero-order valence-electron chi connectivity index (χ0n) is 14.0. The van der Waals surface area contributed by atoms with Crippen LogP contribution in [0.1, 0.15) is 34.5 Å². The second-order valence-corrected chi connectivity index (χ2v) is 6.60. The molecule has 0 spiro atoms. The average Bonchev–Trinajstić information content (AvgIpc) is 3.03. The maximum Gasteiger partial charge on any atom is 0.251 e. The van der Waals surface area contributed by atoms with Gasteiger partial charge in [-0.2, -0.15) is 0 Å². The van der Waals surface area contributed by atoms with E-state index >= 15 is 0 Å². The number of anilines is 1. The summed E-state index contributed by atoms with van der Waals surface area (Å²) in [5.41, 5.74) is 4.60. The molecule has 4 heteroatoms. The SMILES string of the molecule is C[C@H](c1ccccc1)N1CCN(c2cccc3c2CNC3=O)CC1. The molecule has 2 aromatic carbocycles. The highest BCUT2D eigenvalue weighted by molar-refractivity contribution is 6.00. The van der Waals surface area contributed by atoms with E-state index in [1.54, 1.807) is 0 Å². The summed E-state index contributed by atoms with van der Waals surface area (Å²) in [6.07, 6.45) is 0. The number of hydrogen-bond donors (Lipinski definition) is 1. The molecule has 24 heavy (non-hydrogen) atoms. The van der Waals surface area contributed by atoms with Crippen LogP contribution in [0.5, 0.6) is 0 Å². The van der Waals surface area contributed by atoms with E-state index in [9.17, 15) is 4.79 Å². The molecule has 1 amide bonds. The minimum Gasteiger partial charge on any atom is -0.369 e. The van der Waals surface area contributed by atoms with Gasteiger partial charge in [0, 0.05) is 55.6 Å². The maximum atomic E-state index is 11.9. The normalized spacial score (nSPS) is 19.0. The number of hydrogen-bond acceptors (Lipinski definition) is 3. The van der Waals surface area contributed by atoms with Crippen molar-refractivity contribution in [3.8, 4) is 0 Å². The van der Waals surface area contributed by atoms with Crippen molar-refractivity contribution < 1.29 is 4.79 Å². The summed E-state index contributed by atoms with van der Waals surface area (Å²) in [5, 5.41) is 2.94. The Balaban J connectivity index is 1.47. The summed E-state index contributed by atoms with van der Waals surface area (Å²) in [4.78, 5) is 16.8. The van der Waals surface area contributed by atoms with Gasteiger partial charge in [0.2, 0.25) is 0 Å². The van der Waals surface area contributed by atoms with Gasteiger partial charge >= 0.3 is 0 Å². The minimum atomic E-state index is 0.0585. The molecule has 2 aliphatic rings. The highest BCUT2D eigenvalue weighted by atomic mass is 16.1. The Morgan fingerprint density at radius 1 is 0.958 bits per heavy atom. The molecule has 2 heterocycles. The molecular weight excluding hydrogens is 298 g/mol. The summed E-state index contributed by atoms with van der Waals surface area (Å²) >= 11 is 0. The van der Waals surface area contributed by atoms with Crippen molar-refractivity contribution >= 4 is 11.6 Å². The Hall–Kier alpha value is -2.33. The molecule has 1 saturated heterocycles. The fourth-order valence-corrected chi connectivity index (χ4v) is 3.83. The van der Waals surface area contributed by atoms with Crippen LogP contribution in [0.2, 0.25) is 0 Å². The molecule has 0 saturated carbocycles. The number of piperazine rings is 1. The number of carbonyl (C=O) groups excluding carboxylic acids is 1. The Bertz CT molecular complexity index is 736. The molecule has 1 atom stereocenters. The molecule has 0 unspecified atom stereocenters. The molecule has 124 valence electrons. The van der Waals surface area contributed by atoms with Gasteiger partial charge in [0.15, 0.2) is 0 Å². The molecule has 0 aromatic heterocycles. The predicted octanol–water partition coefficient (Wildman–Crippen LogP) is 2.81. The van der Waals surface area contributed by atoms with Crippen molar-refractivity contribution in [3.63, 3.8) is 0 Å². The first-order chi connectivity index (χ1) is 11.7. The van der Waals surface area contributed by atoms with Gasteiger partial charge < -0.3 is 10.2 Å². The van der Waals surface area contributed by atoms with E-state index in [-0.39, 0.29) is 5.91 Å². The van der Waals surface area contributed by atoms with Crippen LogP contribution in [0.25, 0.3) is 0 Å². The fraction of sp³-hybridized carbons (Fsp3) is 0.350. The molecular formula is C20H23N3O. The topological polar surface area (TPSA) is 35.6 Å². The van der Waals surface area contributed by atoms with Crippen molar-refractivity contribution in [2.45, 2.75) is 19.5 Å². The smallest absolute Gasteiger partial charge is 0.251 e. The van der Waals surface area contributed by atoms with Gasteiger partial charge in [0.05, 0.1) is 0 Å². The second kappa shape index (κ2) is 6.29. The quantitative estimate of drug-likeness (QED) is 0.944. The molecule has 2 aromatic rings. The van der Waals surface area contributed by atoms with Crippen molar-refractivity contribution in [1.82, 2.24) is 10.2 Å². The van der Waals surface area contributed by atoms with Gasteiger partial charge in [-0.1, -0.05) is 36.4 Å². The van der Waals surface area contributed by atoms with Crippen molar-refractivity contribution in [1.29, 1.82) is 0 Å². The average molecular weight is 321 g/mol. The monoisotopic (exact) mass is 321 g/mol. The van der Waals surface area contributed by atoms with E-state index in [2.05, 4.69) is 58.4 Å². The molecule has 0 radical (unpaired) electrons. The number of nitrogens with zero attached hydrogens (tertiary/aromatic N) is 2. The highest BCUT2D eigenvalue weighted by Gasteiger charge is 2.27. The first-order valence-electron chi connectivity index (χ1n) is 8.68. The third-order valence-corrected chi connectivity index (χ3v) is 5.31. The van der Waals surface area contributed by atoms with E-state index in [0.29, 0.717) is 12.6 Å². The Kier molecular flexibility index (Phi) is 3.98. The van der Waals surface area contributed by atoms with Crippen LogP contribution in [-0.2, 0) is 6.54 Å². The molecule has 4 rings (SSSR count). The van der Waals surface area contributed by atoms with E-state index < -0.39 is 0 Å². The van der Waals surface area contributed by atoms with Crippen LogP contribution in [0.15, 0.2) is 48.5 Å². The van der Waals surface area contributed by atoms with E-state index in [0.717, 1.165) is 37.3 Å². The largest absolute Gasteiger partial charge is 0.369 e. The fourth-order valence-electron chi connectivity index (χ4n) is 3.83. The van der Waals surface area contributed by atoms with E-state index in [1.807, 2.05) is 12.1 Å². The van der Waals surface area contributed by atoms with Crippen molar-refractivity contribution in [2.75, 3.05) is 31.1 Å². The van der Waals surface area contributed by atoms with Gasteiger partial charge in [-0.25, -0.2) is 0 Å². The Labute approximate surface area is 143 Å². The lowest BCUT2D eigenvalue weighted by molar-refractivity contribution is 0.0966. The lowest BCUT2D eigenvalue weighted by atomic mass is 10.0. The summed E-state index contributed by atoms with van der Waals surface area (Å²) in [7, 11) is 0. The lowest BCUT2D eigenvalue weighted by Gasteiger charge is -2.39. The second-order valence-electron chi connectivity index (χ2n) is 6.60. The Morgan fingerprint density at radius 2 is 1.71 bits per heavy atom. The van der Waals surface area contributed by atoms with Crippen LogP contribution >= 0.6 is 0 Å². The van der Waals surface area contributed by atoms with Gasteiger partial charge in [-0.05, 0) is 24.6 Å². The summed E-state index contributed by atoms with van der Waals surface area (Å²) < 4.78 is 0. The van der Waals surface area contributed by atoms with Gasteiger partial charge in [0.25, 0.3) is 5.91 Å². The molecule has 1 fully saturated rings. The molecule has 0 bridgehead atoms. The van der Waals surface area contributed by atoms with Crippen molar-refractivity contribution in [3.05, 3.63) is 65.2 Å². The van der Waals surface area contributed by atoms with Crippen molar-refractivity contribution in [2.24, 2.45) is 0 Å². The van der Waals surface area contributed by atoms with Gasteiger partial charge in [0.1, 0.15) is 0 Å². The maximum absolute atomic E-state index is 11.9. The first-order valence-corrected chi connectivity index (χ1v) is 8.68. The molecule has 0 aliphatic carbocycles. The number of benzene rings is 2. The molecule has 1 N–H and O–H groups in total. The van der Waals surface area contributed by atoms with Gasteiger partial charge in [-0.3, -0.25) is 9.69 Å².